The van der Waals surface area contributed by atoms with Gasteiger partial charge in [0.25, 0.3) is 0 Å². The normalized spacial score (nSPS) is 19.4. The van der Waals surface area contributed by atoms with E-state index in [1.807, 2.05) is 0 Å². The van der Waals surface area contributed by atoms with Gasteiger partial charge in [0.2, 0.25) is 0 Å². The fourth-order valence-electron chi connectivity index (χ4n) is 0.951. The first-order valence-corrected chi connectivity index (χ1v) is 3.47. The van der Waals surface area contributed by atoms with Crippen molar-refractivity contribution in [3.63, 3.8) is 0 Å². The van der Waals surface area contributed by atoms with Crippen LogP contribution in [0.4, 0.5) is 8.78 Å². The lowest BCUT2D eigenvalue weighted by atomic mass is 10.4. The van der Waals surface area contributed by atoms with Gasteiger partial charge in [-0.2, -0.15) is 8.78 Å². The third-order valence-electron chi connectivity index (χ3n) is 1.55. The number of nitrogens with zero attached hydrogens (tertiary/aromatic N) is 1. The smallest absolute Gasteiger partial charge is 0.378 e. The molecule has 1 heterocycles. The van der Waals surface area contributed by atoms with Crippen LogP contribution in [-0.2, 0) is 14.6 Å². The van der Waals surface area contributed by atoms with Crippen molar-refractivity contribution in [3.8, 4) is 0 Å². The molecule has 1 saturated heterocycles. The van der Waals surface area contributed by atoms with E-state index >= 15 is 0 Å². The van der Waals surface area contributed by atoms with Gasteiger partial charge in [-0.1, -0.05) is 0 Å². The highest BCUT2D eigenvalue weighted by Gasteiger charge is 2.42. The van der Waals surface area contributed by atoms with Crippen molar-refractivity contribution >= 4 is 5.91 Å². The molecule has 12 heavy (non-hydrogen) atoms. The molecule has 0 spiro atoms. The SMILES string of the molecule is [O]C(F)(F)C(=O)N1CCOCC1. The molecule has 1 fully saturated rings. The zero-order valence-corrected chi connectivity index (χ0v) is 6.26. The first-order chi connectivity index (χ1) is 5.52. The molecule has 6 heteroatoms. The van der Waals surface area contributed by atoms with Gasteiger partial charge in [0.15, 0.2) is 0 Å². The van der Waals surface area contributed by atoms with Crippen molar-refractivity contribution in [2.24, 2.45) is 0 Å². The van der Waals surface area contributed by atoms with E-state index in [0.717, 1.165) is 4.90 Å². The predicted octanol–water partition coefficient (Wildman–Crippen LogP) is -0.131. The Morgan fingerprint density at radius 2 is 1.83 bits per heavy atom. The van der Waals surface area contributed by atoms with Crippen LogP contribution in [0, 0.1) is 0 Å². The Kier molecular flexibility index (Phi) is 2.58. The summed E-state index contributed by atoms with van der Waals surface area (Å²) in [4.78, 5) is 11.4. The van der Waals surface area contributed by atoms with Gasteiger partial charge in [0.1, 0.15) is 0 Å². The summed E-state index contributed by atoms with van der Waals surface area (Å²) >= 11 is 0. The van der Waals surface area contributed by atoms with E-state index in [-0.39, 0.29) is 26.3 Å². The molecule has 69 valence electrons. The standard InChI is InChI=1S/C6H8F2NO3/c7-6(8,11)5(10)9-1-3-12-4-2-9/h1-4H2. The average molecular weight is 180 g/mol. The van der Waals surface area contributed by atoms with Crippen LogP contribution in [0.25, 0.3) is 0 Å². The summed E-state index contributed by atoms with van der Waals surface area (Å²) in [6.45, 7) is 0.553. The van der Waals surface area contributed by atoms with Crippen LogP contribution in [-0.4, -0.2) is 43.2 Å². The topological polar surface area (TPSA) is 49.4 Å². The van der Waals surface area contributed by atoms with Gasteiger partial charge in [-0.25, -0.2) is 0 Å². The molecule has 0 unspecified atom stereocenters. The van der Waals surface area contributed by atoms with Crippen LogP contribution >= 0.6 is 0 Å². The van der Waals surface area contributed by atoms with Crippen LogP contribution in [0.15, 0.2) is 0 Å². The molecule has 0 atom stereocenters. The third kappa shape index (κ3) is 2.12. The van der Waals surface area contributed by atoms with Crippen molar-refractivity contribution in [2.45, 2.75) is 6.11 Å². The maximum Gasteiger partial charge on any atom is 0.463 e. The number of alkyl halides is 2. The lowest BCUT2D eigenvalue weighted by Crippen LogP contribution is -2.48. The molecule has 1 amide bonds. The molecule has 1 radical (unpaired) electrons. The third-order valence-corrected chi connectivity index (χ3v) is 1.55. The number of carbonyl (C=O) groups excluding carboxylic acids is 1. The second-order valence-corrected chi connectivity index (χ2v) is 2.42. The Morgan fingerprint density at radius 3 is 2.25 bits per heavy atom. The van der Waals surface area contributed by atoms with Crippen molar-refractivity contribution in [2.75, 3.05) is 26.3 Å². The molecule has 1 rings (SSSR count). The zero-order chi connectivity index (χ0) is 9.19. The lowest BCUT2D eigenvalue weighted by molar-refractivity contribution is -0.243. The molecule has 1 aliphatic heterocycles. The highest BCUT2D eigenvalue weighted by atomic mass is 19.3. The number of rotatable bonds is 1. The van der Waals surface area contributed by atoms with E-state index in [2.05, 4.69) is 0 Å². The van der Waals surface area contributed by atoms with E-state index in [1.54, 1.807) is 0 Å². The van der Waals surface area contributed by atoms with E-state index in [4.69, 9.17) is 4.74 Å². The van der Waals surface area contributed by atoms with Crippen LogP contribution in [0.1, 0.15) is 0 Å². The number of hydrogen-bond donors (Lipinski definition) is 0. The highest BCUT2D eigenvalue weighted by Crippen LogP contribution is 2.14. The molecule has 1 aliphatic rings. The Hall–Kier alpha value is -0.750. The second kappa shape index (κ2) is 3.32. The van der Waals surface area contributed by atoms with Gasteiger partial charge in [-0.05, 0) is 0 Å². The highest BCUT2D eigenvalue weighted by molar-refractivity contribution is 5.81. The van der Waals surface area contributed by atoms with Crippen molar-refractivity contribution < 1.29 is 23.4 Å². The summed E-state index contributed by atoms with van der Waals surface area (Å²) < 4.78 is 28.6. The lowest BCUT2D eigenvalue weighted by Gasteiger charge is -2.27. The van der Waals surface area contributed by atoms with Crippen LogP contribution in [0.3, 0.4) is 0 Å². The fourth-order valence-corrected chi connectivity index (χ4v) is 0.951. The molecule has 0 aromatic heterocycles. The quantitative estimate of drug-likeness (QED) is 0.564. The number of amides is 1. The van der Waals surface area contributed by atoms with E-state index in [9.17, 15) is 18.7 Å². The zero-order valence-electron chi connectivity index (χ0n) is 6.26. The maximum absolute atomic E-state index is 11.9. The van der Waals surface area contributed by atoms with Gasteiger partial charge < -0.3 is 9.64 Å². The van der Waals surface area contributed by atoms with E-state index < -0.39 is 12.0 Å². The summed E-state index contributed by atoms with van der Waals surface area (Å²) in [6.07, 6.45) is -4.50. The number of morpholine rings is 1. The Labute approximate surface area is 67.7 Å². The number of carbonyl (C=O) groups is 1. The summed E-state index contributed by atoms with van der Waals surface area (Å²) in [7, 11) is 0. The fraction of sp³-hybridized carbons (Fsp3) is 0.833. The van der Waals surface area contributed by atoms with Gasteiger partial charge in [0.05, 0.1) is 13.2 Å². The average Bonchev–Trinajstić information content (AvgIpc) is 2.03. The first-order valence-electron chi connectivity index (χ1n) is 3.47. The van der Waals surface area contributed by atoms with Crippen molar-refractivity contribution in [1.29, 1.82) is 0 Å². The van der Waals surface area contributed by atoms with Crippen LogP contribution in [0.5, 0.6) is 0 Å². The van der Waals surface area contributed by atoms with Gasteiger partial charge in [-0.3, -0.25) is 4.79 Å². The van der Waals surface area contributed by atoms with E-state index in [0.29, 0.717) is 0 Å². The number of halogens is 2. The minimum atomic E-state index is -4.50. The molecule has 0 N–H and O–H groups in total. The minimum absolute atomic E-state index is 0.0661. The summed E-state index contributed by atoms with van der Waals surface area (Å²) in [5, 5.41) is 9.94. The molecule has 0 bridgehead atoms. The summed E-state index contributed by atoms with van der Waals surface area (Å²) in [5.41, 5.74) is 0. The molecule has 0 aromatic carbocycles. The molecular weight excluding hydrogens is 172 g/mol. The van der Waals surface area contributed by atoms with Gasteiger partial charge >= 0.3 is 12.0 Å². The first kappa shape index (κ1) is 9.34. The Bertz CT molecular complexity index is 174. The number of hydrogen-bond acceptors (Lipinski definition) is 2. The van der Waals surface area contributed by atoms with Crippen molar-refractivity contribution in [3.05, 3.63) is 0 Å². The van der Waals surface area contributed by atoms with Gasteiger partial charge in [0, 0.05) is 13.1 Å². The summed E-state index contributed by atoms with van der Waals surface area (Å²) in [5.74, 6) is -1.66. The van der Waals surface area contributed by atoms with Gasteiger partial charge in [-0.15, -0.1) is 5.11 Å². The maximum atomic E-state index is 11.9. The van der Waals surface area contributed by atoms with Crippen molar-refractivity contribution in [1.82, 2.24) is 4.90 Å². The molecular formula is C6H8F2NO3. The largest absolute Gasteiger partial charge is 0.463 e. The number of ether oxygens (including phenoxy) is 1. The molecule has 0 aliphatic carbocycles. The monoisotopic (exact) mass is 180 g/mol. The minimum Gasteiger partial charge on any atom is -0.378 e. The second-order valence-electron chi connectivity index (χ2n) is 2.42. The molecule has 4 nitrogen and oxygen atoms in total. The predicted molar refractivity (Wildman–Crippen MR) is 33.0 cm³/mol. The van der Waals surface area contributed by atoms with E-state index in [1.165, 1.54) is 0 Å². The Balaban J connectivity index is 2.51. The Morgan fingerprint density at radius 1 is 1.33 bits per heavy atom. The van der Waals surface area contributed by atoms with Crippen LogP contribution < -0.4 is 0 Å². The molecule has 0 saturated carbocycles. The van der Waals surface area contributed by atoms with Crippen LogP contribution in [0.2, 0.25) is 0 Å². The molecule has 0 aromatic rings. The summed E-state index contributed by atoms with van der Waals surface area (Å²) in [6, 6.07) is 0.